The van der Waals surface area contributed by atoms with E-state index < -0.39 is 18.3 Å². The summed E-state index contributed by atoms with van der Waals surface area (Å²) in [5, 5.41) is 9.81. The normalized spacial score (nSPS) is 20.6. The van der Waals surface area contributed by atoms with Gasteiger partial charge in [-0.1, -0.05) is 11.6 Å². The SMILES string of the molecule is CC1(C)OB(c2cc(O)c(Cl)cc2C=O)OC1(C)C. The second kappa shape index (κ2) is 4.51. The van der Waals surface area contributed by atoms with Crippen LogP contribution in [-0.2, 0) is 9.31 Å². The van der Waals surface area contributed by atoms with E-state index in [2.05, 4.69) is 0 Å². The van der Waals surface area contributed by atoms with Gasteiger partial charge in [-0.15, -0.1) is 0 Å². The first-order valence-electron chi connectivity index (χ1n) is 6.01. The van der Waals surface area contributed by atoms with Gasteiger partial charge >= 0.3 is 7.12 Å². The molecule has 6 heteroatoms. The molecular formula is C13H16BClO4. The average molecular weight is 283 g/mol. The van der Waals surface area contributed by atoms with Crippen molar-refractivity contribution in [1.82, 2.24) is 0 Å². The minimum Gasteiger partial charge on any atom is -0.506 e. The largest absolute Gasteiger partial charge is 0.506 e. The third kappa shape index (κ3) is 2.38. The van der Waals surface area contributed by atoms with Gasteiger partial charge < -0.3 is 14.4 Å². The molecule has 1 saturated heterocycles. The lowest BCUT2D eigenvalue weighted by Gasteiger charge is -2.32. The third-order valence-electron chi connectivity index (χ3n) is 3.79. The van der Waals surface area contributed by atoms with Crippen molar-refractivity contribution >= 4 is 30.5 Å². The zero-order valence-corrected chi connectivity index (χ0v) is 12.1. The maximum absolute atomic E-state index is 11.1. The summed E-state index contributed by atoms with van der Waals surface area (Å²) in [6, 6.07) is 2.82. The summed E-state index contributed by atoms with van der Waals surface area (Å²) >= 11 is 5.79. The second-order valence-electron chi connectivity index (χ2n) is 5.64. The molecule has 0 spiro atoms. The van der Waals surface area contributed by atoms with Crippen LogP contribution < -0.4 is 5.46 Å². The first-order valence-corrected chi connectivity index (χ1v) is 6.39. The van der Waals surface area contributed by atoms with Crippen molar-refractivity contribution in [2.45, 2.75) is 38.9 Å². The molecule has 0 saturated carbocycles. The predicted molar refractivity (Wildman–Crippen MR) is 74.2 cm³/mol. The van der Waals surface area contributed by atoms with Crippen LogP contribution in [0.2, 0.25) is 5.02 Å². The molecule has 0 atom stereocenters. The number of aldehydes is 1. The lowest BCUT2D eigenvalue weighted by Crippen LogP contribution is -2.41. The van der Waals surface area contributed by atoms with E-state index in [1.165, 1.54) is 12.1 Å². The van der Waals surface area contributed by atoms with Gasteiger partial charge in [-0.05, 0) is 45.3 Å². The summed E-state index contributed by atoms with van der Waals surface area (Å²) in [4.78, 5) is 11.1. The summed E-state index contributed by atoms with van der Waals surface area (Å²) in [6.07, 6.45) is 0.672. The van der Waals surface area contributed by atoms with Gasteiger partial charge in [0.15, 0.2) is 0 Å². The van der Waals surface area contributed by atoms with Crippen LogP contribution in [0.1, 0.15) is 38.1 Å². The first-order chi connectivity index (χ1) is 8.68. The fourth-order valence-corrected chi connectivity index (χ4v) is 2.04. The molecule has 1 heterocycles. The molecule has 1 aromatic carbocycles. The molecule has 19 heavy (non-hydrogen) atoms. The van der Waals surface area contributed by atoms with Gasteiger partial charge in [-0.25, -0.2) is 0 Å². The minimum absolute atomic E-state index is 0.100. The number of phenols is 1. The van der Waals surface area contributed by atoms with Crippen LogP contribution in [0.3, 0.4) is 0 Å². The summed E-state index contributed by atoms with van der Waals surface area (Å²) in [6.45, 7) is 7.68. The quantitative estimate of drug-likeness (QED) is 0.667. The Labute approximate surface area is 117 Å². The smallest absolute Gasteiger partial charge is 0.495 e. The lowest BCUT2D eigenvalue weighted by atomic mass is 9.76. The zero-order chi connectivity index (χ0) is 14.4. The van der Waals surface area contributed by atoms with Crippen LogP contribution >= 0.6 is 11.6 Å². The topological polar surface area (TPSA) is 55.8 Å². The summed E-state index contributed by atoms with van der Waals surface area (Å²) < 4.78 is 11.7. The van der Waals surface area contributed by atoms with E-state index in [0.717, 1.165) is 0 Å². The average Bonchev–Trinajstić information content (AvgIpc) is 2.51. The number of hydrogen-bond acceptors (Lipinski definition) is 4. The highest BCUT2D eigenvalue weighted by Crippen LogP contribution is 2.37. The highest BCUT2D eigenvalue weighted by molar-refractivity contribution is 6.63. The number of aromatic hydroxyl groups is 1. The Kier molecular flexibility index (Phi) is 3.41. The van der Waals surface area contributed by atoms with Crippen LogP contribution in [0.5, 0.6) is 5.75 Å². The van der Waals surface area contributed by atoms with Crippen molar-refractivity contribution < 1.29 is 19.2 Å². The molecule has 2 rings (SSSR count). The zero-order valence-electron chi connectivity index (χ0n) is 11.4. The van der Waals surface area contributed by atoms with Gasteiger partial charge in [-0.2, -0.15) is 0 Å². The van der Waals surface area contributed by atoms with Crippen molar-refractivity contribution in [2.75, 3.05) is 0 Å². The fraction of sp³-hybridized carbons (Fsp3) is 0.462. The van der Waals surface area contributed by atoms with E-state index >= 15 is 0 Å². The number of benzene rings is 1. The Bertz CT molecular complexity index is 512. The van der Waals surface area contributed by atoms with Gasteiger partial charge in [0, 0.05) is 5.56 Å². The highest BCUT2D eigenvalue weighted by Gasteiger charge is 2.52. The fourth-order valence-electron chi connectivity index (χ4n) is 1.87. The van der Waals surface area contributed by atoms with E-state index in [4.69, 9.17) is 20.9 Å². The maximum Gasteiger partial charge on any atom is 0.495 e. The Morgan fingerprint density at radius 3 is 2.21 bits per heavy atom. The van der Waals surface area contributed by atoms with Gasteiger partial charge in [-0.3, -0.25) is 4.79 Å². The molecule has 1 fully saturated rings. The monoisotopic (exact) mass is 282 g/mol. The van der Waals surface area contributed by atoms with E-state index in [1.807, 2.05) is 27.7 Å². The molecule has 1 aliphatic rings. The van der Waals surface area contributed by atoms with Crippen LogP contribution in [0.4, 0.5) is 0 Å². The van der Waals surface area contributed by atoms with E-state index in [1.54, 1.807) is 0 Å². The number of hydrogen-bond donors (Lipinski definition) is 1. The minimum atomic E-state index is -0.701. The summed E-state index contributed by atoms with van der Waals surface area (Å²) in [5.41, 5.74) is -0.183. The number of phenolic OH excluding ortho intramolecular Hbond substituents is 1. The molecule has 0 radical (unpaired) electrons. The van der Waals surface area contributed by atoms with E-state index in [9.17, 15) is 9.90 Å². The van der Waals surface area contributed by atoms with E-state index in [-0.39, 0.29) is 10.8 Å². The van der Waals surface area contributed by atoms with Crippen molar-refractivity contribution in [2.24, 2.45) is 0 Å². The molecule has 0 aliphatic carbocycles. The molecule has 0 aromatic heterocycles. The van der Waals surface area contributed by atoms with Gasteiger partial charge in [0.05, 0.1) is 16.2 Å². The van der Waals surface area contributed by atoms with Crippen molar-refractivity contribution in [1.29, 1.82) is 0 Å². The van der Waals surface area contributed by atoms with Gasteiger partial charge in [0.25, 0.3) is 0 Å². The van der Waals surface area contributed by atoms with Crippen LogP contribution in [0.25, 0.3) is 0 Å². The van der Waals surface area contributed by atoms with E-state index in [0.29, 0.717) is 17.3 Å². The van der Waals surface area contributed by atoms with Crippen LogP contribution in [0.15, 0.2) is 12.1 Å². The Morgan fingerprint density at radius 1 is 1.21 bits per heavy atom. The van der Waals surface area contributed by atoms with Gasteiger partial charge in [0.2, 0.25) is 0 Å². The molecule has 0 unspecified atom stereocenters. The molecule has 1 aromatic rings. The molecule has 1 N–H and O–H groups in total. The Morgan fingerprint density at radius 2 is 1.74 bits per heavy atom. The molecule has 0 bridgehead atoms. The third-order valence-corrected chi connectivity index (χ3v) is 4.09. The first kappa shape index (κ1) is 14.4. The summed E-state index contributed by atoms with van der Waals surface area (Å²) in [7, 11) is -0.701. The van der Waals surface area contributed by atoms with Crippen molar-refractivity contribution in [3.05, 3.63) is 22.7 Å². The van der Waals surface area contributed by atoms with Crippen molar-refractivity contribution in [3.8, 4) is 5.75 Å². The molecule has 102 valence electrons. The molecule has 4 nitrogen and oxygen atoms in total. The Hall–Kier alpha value is -1.04. The second-order valence-corrected chi connectivity index (χ2v) is 6.05. The standard InChI is InChI=1S/C13H16BClO4/c1-12(2)13(3,4)19-14(18-12)9-6-11(17)10(15)5-8(9)7-16/h5-7,17H,1-4H3. The van der Waals surface area contributed by atoms with Crippen LogP contribution in [-0.4, -0.2) is 29.7 Å². The summed E-state index contributed by atoms with van der Waals surface area (Å²) in [5.74, 6) is -0.100. The lowest BCUT2D eigenvalue weighted by molar-refractivity contribution is 0.00578. The predicted octanol–water partition coefficient (Wildman–Crippen LogP) is 2.16. The number of rotatable bonds is 2. The Balaban J connectivity index is 2.44. The number of halogens is 1. The molecule has 0 amide bonds. The van der Waals surface area contributed by atoms with Gasteiger partial charge in [0.1, 0.15) is 12.0 Å². The molecular weight excluding hydrogens is 266 g/mol. The van der Waals surface area contributed by atoms with Crippen LogP contribution in [0, 0.1) is 0 Å². The molecule has 1 aliphatic heterocycles. The maximum atomic E-state index is 11.1. The number of carbonyl (C=O) groups is 1. The van der Waals surface area contributed by atoms with Crippen molar-refractivity contribution in [3.63, 3.8) is 0 Å². The highest BCUT2D eigenvalue weighted by atomic mass is 35.5. The number of carbonyl (C=O) groups excluding carboxylic acids is 1.